The quantitative estimate of drug-likeness (QED) is 0.0320. The molecule has 83 heavy (non-hydrogen) atoms. The third-order valence-corrected chi connectivity index (χ3v) is 17.7. The van der Waals surface area contributed by atoms with Crippen LogP contribution in [0.2, 0.25) is 0 Å². The van der Waals surface area contributed by atoms with Crippen molar-refractivity contribution >= 4 is 11.9 Å². The van der Waals surface area contributed by atoms with Crippen molar-refractivity contribution in [3.8, 4) is 0 Å². The number of carbonyl (C=O) groups excluding carboxylic acids is 2. The summed E-state index contributed by atoms with van der Waals surface area (Å²) >= 11 is 0. The van der Waals surface area contributed by atoms with Crippen molar-refractivity contribution in [1.29, 1.82) is 0 Å². The molecular weight excluding hydrogens is 1020 g/mol. The molecule has 0 aliphatic rings. The molecule has 3 N–H and O–H groups in total. The lowest BCUT2D eigenvalue weighted by molar-refractivity contribution is -0.143. The molecule has 0 heterocycles. The fourth-order valence-electron chi connectivity index (χ4n) is 11.9. The van der Waals surface area contributed by atoms with Crippen LogP contribution in [0.3, 0.4) is 0 Å². The number of unbranched alkanes of at least 4 members (excludes halogenated alkanes) is 54. The Kier molecular flexibility index (Phi) is 70.9. The molecule has 0 aromatic carbocycles. The number of nitrogens with one attached hydrogen (secondary N) is 1. The monoisotopic (exact) mass is 1170 g/mol. The molecule has 0 aliphatic carbocycles. The van der Waals surface area contributed by atoms with Gasteiger partial charge in [-0.2, -0.15) is 0 Å². The standard InChI is InChI=1S/C77H147NO5/c1-3-5-7-9-11-13-15-17-19-21-23-34-37-41-45-49-53-57-61-65-69-75(80)74(73-79)78-76(81)70-66-62-58-54-50-46-42-38-35-32-30-28-26-24-25-27-29-31-33-36-40-44-48-52-56-60-64-68-72-83-77(82)71-67-63-59-55-51-47-43-39-22-20-18-16-14-12-10-8-6-4-2/h14,16,20,22,24-25,74-75,79-80H,3-13,15,17-19,21,23,26-73H2,1-2H3,(H,78,81)/b16-14-,22-20-,25-24-. The first-order valence-electron chi connectivity index (χ1n) is 37.7. The fraction of sp³-hybridized carbons (Fsp3) is 0.896. The predicted molar refractivity (Wildman–Crippen MR) is 366 cm³/mol. The van der Waals surface area contributed by atoms with Crippen molar-refractivity contribution in [2.75, 3.05) is 13.2 Å². The van der Waals surface area contributed by atoms with Gasteiger partial charge in [-0.25, -0.2) is 0 Å². The molecule has 6 nitrogen and oxygen atoms in total. The van der Waals surface area contributed by atoms with Gasteiger partial charge in [0.2, 0.25) is 5.91 Å². The molecular formula is C77H147NO5. The van der Waals surface area contributed by atoms with E-state index in [9.17, 15) is 19.8 Å². The fourth-order valence-corrected chi connectivity index (χ4v) is 11.9. The van der Waals surface area contributed by atoms with Gasteiger partial charge in [-0.3, -0.25) is 9.59 Å². The van der Waals surface area contributed by atoms with Crippen LogP contribution in [-0.2, 0) is 14.3 Å². The lowest BCUT2D eigenvalue weighted by atomic mass is 10.0. The van der Waals surface area contributed by atoms with Crippen molar-refractivity contribution < 1.29 is 24.5 Å². The molecule has 0 rings (SSSR count). The second-order valence-corrected chi connectivity index (χ2v) is 26.0. The first kappa shape index (κ1) is 81.1. The maximum atomic E-state index is 12.6. The Morgan fingerprint density at radius 1 is 0.337 bits per heavy atom. The van der Waals surface area contributed by atoms with Crippen LogP contribution in [-0.4, -0.2) is 47.4 Å². The summed E-state index contributed by atoms with van der Waals surface area (Å²) in [4.78, 5) is 24.7. The zero-order valence-electron chi connectivity index (χ0n) is 56.2. The van der Waals surface area contributed by atoms with E-state index in [2.05, 4.69) is 55.6 Å². The van der Waals surface area contributed by atoms with Crippen LogP contribution in [0, 0.1) is 0 Å². The molecule has 1 amide bonds. The number of ether oxygens (including phenoxy) is 1. The van der Waals surface area contributed by atoms with Gasteiger partial charge in [-0.1, -0.05) is 359 Å². The van der Waals surface area contributed by atoms with E-state index in [0.717, 1.165) is 51.4 Å². The molecule has 0 saturated heterocycles. The Bertz CT molecular complexity index is 1340. The van der Waals surface area contributed by atoms with Gasteiger partial charge in [0, 0.05) is 12.8 Å². The molecule has 0 bridgehead atoms. The van der Waals surface area contributed by atoms with Crippen LogP contribution in [0.15, 0.2) is 36.5 Å². The highest BCUT2D eigenvalue weighted by atomic mass is 16.5. The van der Waals surface area contributed by atoms with E-state index in [1.54, 1.807) is 0 Å². The Hall–Kier alpha value is -1.92. The summed E-state index contributed by atoms with van der Waals surface area (Å²) in [7, 11) is 0. The third kappa shape index (κ3) is 69.1. The van der Waals surface area contributed by atoms with Crippen LogP contribution in [0.4, 0.5) is 0 Å². The SMILES string of the molecule is CCCCCC/C=C\C/C=C\CCCCCCCCCC(=O)OCCCCCCCCCCCCCC/C=C\CCCCCCCCCCCCCCC(=O)NC(CO)C(O)CCCCCCCCCCCCCCCCCCCCCC. The average Bonchev–Trinajstić information content (AvgIpc) is 3.49. The summed E-state index contributed by atoms with van der Waals surface area (Å²) in [5, 5.41) is 23.4. The summed E-state index contributed by atoms with van der Waals surface area (Å²) in [6, 6.07) is -0.543. The van der Waals surface area contributed by atoms with Gasteiger partial charge < -0.3 is 20.3 Å². The van der Waals surface area contributed by atoms with Crippen molar-refractivity contribution in [3.63, 3.8) is 0 Å². The molecule has 0 saturated carbocycles. The van der Waals surface area contributed by atoms with Gasteiger partial charge >= 0.3 is 5.97 Å². The van der Waals surface area contributed by atoms with Crippen LogP contribution in [0.1, 0.15) is 418 Å². The Morgan fingerprint density at radius 2 is 0.602 bits per heavy atom. The highest BCUT2D eigenvalue weighted by Gasteiger charge is 2.20. The lowest BCUT2D eigenvalue weighted by Gasteiger charge is -2.22. The topological polar surface area (TPSA) is 95.9 Å². The van der Waals surface area contributed by atoms with E-state index in [0.29, 0.717) is 25.9 Å². The Morgan fingerprint density at radius 3 is 0.940 bits per heavy atom. The molecule has 2 unspecified atom stereocenters. The van der Waals surface area contributed by atoms with Crippen molar-refractivity contribution in [2.45, 2.75) is 431 Å². The number of allylic oxidation sites excluding steroid dienone is 6. The van der Waals surface area contributed by atoms with Gasteiger partial charge in [-0.15, -0.1) is 0 Å². The minimum atomic E-state index is -0.665. The summed E-state index contributed by atoms with van der Waals surface area (Å²) in [6.45, 7) is 4.97. The van der Waals surface area contributed by atoms with E-state index in [1.807, 2.05) is 0 Å². The zero-order chi connectivity index (χ0) is 59.9. The Balaban J connectivity index is 3.38. The van der Waals surface area contributed by atoms with Crippen LogP contribution < -0.4 is 5.32 Å². The number of amides is 1. The molecule has 0 spiro atoms. The molecule has 0 aromatic rings. The summed E-state index contributed by atoms with van der Waals surface area (Å²) in [5.74, 6) is -0.0215. The minimum Gasteiger partial charge on any atom is -0.466 e. The van der Waals surface area contributed by atoms with Gasteiger partial charge in [-0.05, 0) is 83.5 Å². The number of hydrogen-bond donors (Lipinski definition) is 3. The molecule has 0 aromatic heterocycles. The maximum absolute atomic E-state index is 12.6. The van der Waals surface area contributed by atoms with E-state index < -0.39 is 12.1 Å². The van der Waals surface area contributed by atoms with E-state index >= 15 is 0 Å². The van der Waals surface area contributed by atoms with Gasteiger partial charge in [0.05, 0.1) is 25.4 Å². The smallest absolute Gasteiger partial charge is 0.305 e. The van der Waals surface area contributed by atoms with Gasteiger partial charge in [0.25, 0.3) is 0 Å². The summed E-state index contributed by atoms with van der Waals surface area (Å²) in [5.41, 5.74) is 0. The molecule has 490 valence electrons. The predicted octanol–water partition coefficient (Wildman–Crippen LogP) is 24.7. The number of aliphatic hydroxyl groups excluding tert-OH is 2. The van der Waals surface area contributed by atoms with Crippen molar-refractivity contribution in [3.05, 3.63) is 36.5 Å². The number of esters is 1. The van der Waals surface area contributed by atoms with E-state index in [-0.39, 0.29) is 18.5 Å². The third-order valence-electron chi connectivity index (χ3n) is 17.7. The zero-order valence-corrected chi connectivity index (χ0v) is 56.2. The first-order chi connectivity index (χ1) is 41.0. The first-order valence-corrected chi connectivity index (χ1v) is 37.7. The Labute approximate surface area is 519 Å². The molecule has 0 fully saturated rings. The lowest BCUT2D eigenvalue weighted by Crippen LogP contribution is -2.45. The van der Waals surface area contributed by atoms with Gasteiger partial charge in [0.1, 0.15) is 0 Å². The highest BCUT2D eigenvalue weighted by Crippen LogP contribution is 2.19. The van der Waals surface area contributed by atoms with Crippen molar-refractivity contribution in [2.24, 2.45) is 0 Å². The van der Waals surface area contributed by atoms with E-state index in [1.165, 1.54) is 334 Å². The van der Waals surface area contributed by atoms with Crippen molar-refractivity contribution in [1.82, 2.24) is 5.32 Å². The van der Waals surface area contributed by atoms with E-state index in [4.69, 9.17) is 4.74 Å². The molecule has 0 aliphatic heterocycles. The van der Waals surface area contributed by atoms with Gasteiger partial charge in [0.15, 0.2) is 0 Å². The minimum absolute atomic E-state index is 0.00921. The number of aliphatic hydroxyl groups is 2. The molecule has 2 atom stereocenters. The average molecular weight is 1170 g/mol. The normalized spacial score (nSPS) is 12.7. The largest absolute Gasteiger partial charge is 0.466 e. The van der Waals surface area contributed by atoms with Crippen LogP contribution in [0.5, 0.6) is 0 Å². The number of carbonyl (C=O) groups is 2. The summed E-state index contributed by atoms with van der Waals surface area (Å²) in [6.07, 6.45) is 93.5. The second-order valence-electron chi connectivity index (χ2n) is 26.0. The summed E-state index contributed by atoms with van der Waals surface area (Å²) < 4.78 is 5.50. The van der Waals surface area contributed by atoms with Crippen LogP contribution in [0.25, 0.3) is 0 Å². The molecule has 6 heteroatoms. The maximum Gasteiger partial charge on any atom is 0.305 e. The number of rotatable bonds is 71. The van der Waals surface area contributed by atoms with Crippen LogP contribution >= 0.6 is 0 Å². The second kappa shape index (κ2) is 72.6. The highest BCUT2D eigenvalue weighted by molar-refractivity contribution is 5.76. The number of hydrogen-bond acceptors (Lipinski definition) is 5. The molecule has 0 radical (unpaired) electrons.